The van der Waals surface area contributed by atoms with Crippen LogP contribution in [0.3, 0.4) is 0 Å². The van der Waals surface area contributed by atoms with Gasteiger partial charge in [0.25, 0.3) is 0 Å². The van der Waals surface area contributed by atoms with E-state index in [1.54, 1.807) is 0 Å². The van der Waals surface area contributed by atoms with Gasteiger partial charge >= 0.3 is 0 Å². The molecular formula is C22H28N4O3S. The van der Waals surface area contributed by atoms with E-state index >= 15 is 0 Å². The van der Waals surface area contributed by atoms with Crippen LogP contribution in [0.25, 0.3) is 0 Å². The second-order valence-electron chi connectivity index (χ2n) is 8.90. The van der Waals surface area contributed by atoms with Gasteiger partial charge in [-0.05, 0) is 49.3 Å². The SMILES string of the molecule is Cc1ccc(C2(O)CCN(c3nc4c(c(NC5(CO)CC5)n3)[S+]([O-])CC4)CC2)cc1. The van der Waals surface area contributed by atoms with Gasteiger partial charge in [-0.1, -0.05) is 29.8 Å². The van der Waals surface area contributed by atoms with Crippen molar-refractivity contribution in [2.24, 2.45) is 0 Å². The Labute approximate surface area is 179 Å². The number of aromatic nitrogens is 2. The minimum absolute atomic E-state index is 0.0427. The first kappa shape index (κ1) is 20.1. The Morgan fingerprint density at radius 2 is 1.83 bits per heavy atom. The van der Waals surface area contributed by atoms with Gasteiger partial charge in [-0.15, -0.1) is 0 Å². The topological polar surface area (TPSA) is 105 Å². The standard InChI is InChI=1S/C22H28N4O3S/c1-15-2-4-16(5-3-15)22(28)9-11-26(12-10-22)20-23-17-6-13-30(29)18(17)19(24-20)25-21(14-27)7-8-21/h2-5,27-28H,6-14H2,1H3,(H,23,24,25). The van der Waals surface area contributed by atoms with Crippen LogP contribution in [-0.4, -0.2) is 55.7 Å². The Morgan fingerprint density at radius 1 is 1.13 bits per heavy atom. The summed E-state index contributed by atoms with van der Waals surface area (Å²) in [7, 11) is 0. The summed E-state index contributed by atoms with van der Waals surface area (Å²) in [6.07, 6.45) is 3.66. The molecule has 1 aliphatic carbocycles. The molecule has 30 heavy (non-hydrogen) atoms. The zero-order valence-corrected chi connectivity index (χ0v) is 18.0. The van der Waals surface area contributed by atoms with E-state index in [9.17, 15) is 14.8 Å². The predicted molar refractivity (Wildman–Crippen MR) is 116 cm³/mol. The fraction of sp³-hybridized carbons (Fsp3) is 0.545. The van der Waals surface area contributed by atoms with Crippen molar-refractivity contribution < 1.29 is 14.8 Å². The van der Waals surface area contributed by atoms with Gasteiger partial charge in [-0.2, -0.15) is 4.98 Å². The molecule has 0 spiro atoms. The van der Waals surface area contributed by atoms with Crippen molar-refractivity contribution in [3.8, 4) is 0 Å². The maximum absolute atomic E-state index is 12.5. The Morgan fingerprint density at radius 3 is 2.47 bits per heavy atom. The van der Waals surface area contributed by atoms with E-state index in [0.29, 0.717) is 54.8 Å². The van der Waals surface area contributed by atoms with Crippen LogP contribution in [0.5, 0.6) is 0 Å². The number of hydrogen-bond acceptors (Lipinski definition) is 7. The normalized spacial score (nSPS) is 23.9. The highest BCUT2D eigenvalue weighted by atomic mass is 32.2. The van der Waals surface area contributed by atoms with E-state index in [-0.39, 0.29) is 12.1 Å². The molecule has 0 bridgehead atoms. The minimum Gasteiger partial charge on any atom is -0.611 e. The molecule has 0 radical (unpaired) electrons. The van der Waals surface area contributed by atoms with Crippen LogP contribution >= 0.6 is 0 Å². The molecule has 1 aromatic heterocycles. The van der Waals surface area contributed by atoms with Gasteiger partial charge in [0.2, 0.25) is 10.8 Å². The number of aryl methyl sites for hydroxylation is 2. The summed E-state index contributed by atoms with van der Waals surface area (Å²) in [6, 6.07) is 8.10. The van der Waals surface area contributed by atoms with Crippen LogP contribution in [0.2, 0.25) is 0 Å². The molecule has 3 aliphatic rings. The molecule has 2 aliphatic heterocycles. The third kappa shape index (κ3) is 3.56. The van der Waals surface area contributed by atoms with E-state index in [1.165, 1.54) is 5.56 Å². The molecule has 160 valence electrons. The summed E-state index contributed by atoms with van der Waals surface area (Å²) in [5, 5.41) is 24.3. The van der Waals surface area contributed by atoms with Crippen molar-refractivity contribution in [1.82, 2.24) is 9.97 Å². The summed E-state index contributed by atoms with van der Waals surface area (Å²) in [5.74, 6) is 1.80. The van der Waals surface area contributed by atoms with Crippen molar-refractivity contribution in [3.05, 3.63) is 41.1 Å². The predicted octanol–water partition coefficient (Wildman–Crippen LogP) is 1.87. The lowest BCUT2D eigenvalue weighted by Crippen LogP contribution is -2.43. The molecule has 1 saturated carbocycles. The highest BCUT2D eigenvalue weighted by molar-refractivity contribution is 7.91. The number of rotatable bonds is 5. The third-order valence-corrected chi connectivity index (χ3v) is 8.14. The maximum atomic E-state index is 12.5. The number of piperidine rings is 1. The molecule has 0 amide bonds. The largest absolute Gasteiger partial charge is 0.611 e. The lowest BCUT2D eigenvalue weighted by atomic mass is 9.84. The van der Waals surface area contributed by atoms with E-state index < -0.39 is 16.8 Å². The van der Waals surface area contributed by atoms with Crippen LogP contribution in [0.1, 0.15) is 42.5 Å². The first-order valence-corrected chi connectivity index (χ1v) is 12.0. The van der Waals surface area contributed by atoms with Gasteiger partial charge in [0, 0.05) is 19.5 Å². The molecule has 3 heterocycles. The van der Waals surface area contributed by atoms with Crippen molar-refractivity contribution in [2.75, 3.05) is 35.7 Å². The first-order chi connectivity index (χ1) is 14.4. The van der Waals surface area contributed by atoms with E-state index in [4.69, 9.17) is 9.97 Å². The lowest BCUT2D eigenvalue weighted by Gasteiger charge is -2.38. The fourth-order valence-electron chi connectivity index (χ4n) is 4.36. The molecule has 1 saturated heterocycles. The number of benzene rings is 1. The number of nitrogens with zero attached hydrogens (tertiary/aromatic N) is 3. The summed E-state index contributed by atoms with van der Waals surface area (Å²) >= 11 is -1.10. The Kier molecular flexibility index (Phi) is 4.93. The van der Waals surface area contributed by atoms with Crippen molar-refractivity contribution in [3.63, 3.8) is 0 Å². The summed E-state index contributed by atoms with van der Waals surface area (Å²) in [4.78, 5) is 12.3. The van der Waals surface area contributed by atoms with Crippen LogP contribution < -0.4 is 10.2 Å². The Hall–Kier alpha value is -1.87. The van der Waals surface area contributed by atoms with Crippen molar-refractivity contribution in [1.29, 1.82) is 0 Å². The monoisotopic (exact) mass is 428 g/mol. The fourth-order valence-corrected chi connectivity index (χ4v) is 5.67. The second kappa shape index (κ2) is 7.37. The molecule has 3 N–H and O–H groups in total. The molecule has 7 nitrogen and oxygen atoms in total. The number of fused-ring (bicyclic) bond motifs is 1. The highest BCUT2D eigenvalue weighted by Crippen LogP contribution is 2.42. The number of aliphatic hydroxyl groups is 2. The average molecular weight is 429 g/mol. The van der Waals surface area contributed by atoms with Crippen LogP contribution in [0, 0.1) is 6.92 Å². The zero-order chi connectivity index (χ0) is 20.9. The molecule has 2 aromatic rings. The maximum Gasteiger partial charge on any atom is 0.227 e. The molecule has 8 heteroatoms. The van der Waals surface area contributed by atoms with Gasteiger partial charge in [0.15, 0.2) is 5.82 Å². The molecule has 1 atom stereocenters. The number of nitrogens with one attached hydrogen (secondary N) is 1. The lowest BCUT2D eigenvalue weighted by molar-refractivity contribution is 0.0115. The smallest absolute Gasteiger partial charge is 0.227 e. The number of aliphatic hydroxyl groups excluding tert-OH is 1. The summed E-state index contributed by atoms with van der Waals surface area (Å²) in [6.45, 7) is 3.39. The Bertz CT molecular complexity index is 940. The van der Waals surface area contributed by atoms with Crippen molar-refractivity contribution in [2.45, 2.75) is 55.1 Å². The Balaban J connectivity index is 1.38. The van der Waals surface area contributed by atoms with Gasteiger partial charge in [0.1, 0.15) is 11.4 Å². The van der Waals surface area contributed by atoms with E-state index in [1.807, 2.05) is 31.2 Å². The minimum atomic E-state index is -1.10. The highest BCUT2D eigenvalue weighted by Gasteiger charge is 2.45. The van der Waals surface area contributed by atoms with Gasteiger partial charge < -0.3 is 25.0 Å². The van der Waals surface area contributed by atoms with Crippen LogP contribution in [0.4, 0.5) is 11.8 Å². The summed E-state index contributed by atoms with van der Waals surface area (Å²) in [5.41, 5.74) is 1.81. The molecular weight excluding hydrogens is 400 g/mol. The van der Waals surface area contributed by atoms with Gasteiger partial charge in [-0.25, -0.2) is 4.98 Å². The summed E-state index contributed by atoms with van der Waals surface area (Å²) < 4.78 is 12.5. The molecule has 5 rings (SSSR count). The van der Waals surface area contributed by atoms with Gasteiger partial charge in [-0.3, -0.25) is 0 Å². The van der Waals surface area contributed by atoms with E-state index in [2.05, 4.69) is 10.2 Å². The van der Waals surface area contributed by atoms with E-state index in [0.717, 1.165) is 24.1 Å². The molecule has 2 fully saturated rings. The number of hydrogen-bond donors (Lipinski definition) is 3. The average Bonchev–Trinajstić information content (AvgIpc) is 3.42. The zero-order valence-electron chi connectivity index (χ0n) is 17.2. The number of anilines is 2. The van der Waals surface area contributed by atoms with Crippen LogP contribution in [0.15, 0.2) is 29.2 Å². The first-order valence-electron chi connectivity index (χ1n) is 10.6. The van der Waals surface area contributed by atoms with Crippen LogP contribution in [-0.2, 0) is 23.2 Å². The molecule has 1 unspecified atom stereocenters. The van der Waals surface area contributed by atoms with Gasteiger partial charge in [0.05, 0.1) is 17.7 Å². The second-order valence-corrected chi connectivity index (χ2v) is 10.4. The molecule has 1 aromatic carbocycles. The third-order valence-electron chi connectivity index (χ3n) is 6.68. The van der Waals surface area contributed by atoms with Crippen molar-refractivity contribution >= 4 is 22.9 Å². The quantitative estimate of drug-likeness (QED) is 0.625.